The van der Waals surface area contributed by atoms with E-state index in [1.54, 1.807) is 18.2 Å². The SMILES string of the molecule is O=C(Cc1ccc2c(n1)N(S(=O)(=O)c1cccc(Cl)c1)C[C@H](C(O)C(=O)O)C2)c1c(Cl)cccc1Cl. The van der Waals surface area contributed by atoms with E-state index in [1.807, 2.05) is 0 Å². The monoisotopic (exact) mass is 568 g/mol. The van der Waals surface area contributed by atoms with Crippen molar-refractivity contribution in [3.8, 4) is 0 Å². The number of nitrogens with zero attached hydrogens (tertiary/aromatic N) is 2. The van der Waals surface area contributed by atoms with Gasteiger partial charge in [0.15, 0.2) is 11.9 Å². The lowest BCUT2D eigenvalue weighted by Crippen LogP contribution is -2.46. The molecule has 0 radical (unpaired) electrons. The van der Waals surface area contributed by atoms with Crippen LogP contribution in [0, 0.1) is 5.92 Å². The summed E-state index contributed by atoms with van der Waals surface area (Å²) in [7, 11) is -4.25. The van der Waals surface area contributed by atoms with Crippen LogP contribution in [0.5, 0.6) is 0 Å². The van der Waals surface area contributed by atoms with E-state index in [0.717, 1.165) is 4.31 Å². The van der Waals surface area contributed by atoms with E-state index in [9.17, 15) is 28.2 Å². The number of benzene rings is 2. The van der Waals surface area contributed by atoms with Crippen LogP contribution in [0.25, 0.3) is 0 Å². The van der Waals surface area contributed by atoms with Crippen molar-refractivity contribution in [3.05, 3.63) is 86.5 Å². The van der Waals surface area contributed by atoms with Gasteiger partial charge in [-0.05, 0) is 48.4 Å². The first kappa shape index (κ1) is 26.4. The number of pyridine rings is 1. The summed E-state index contributed by atoms with van der Waals surface area (Å²) in [5.41, 5.74) is 0.802. The number of hydrogen-bond donors (Lipinski definition) is 2. The van der Waals surface area contributed by atoms with Crippen molar-refractivity contribution in [2.75, 3.05) is 10.8 Å². The standard InChI is InChI=1S/C24H19Cl3N2O6S/c25-15-3-1-4-17(10-15)36(34,35)29-12-14(22(31)24(32)33)9-13-7-8-16(28-23(13)29)11-20(30)21-18(26)5-2-6-19(21)27/h1-8,10,14,22,31H,9,11-12H2,(H,32,33)/t14-,22?/m1/s1. The molecule has 0 spiro atoms. The van der Waals surface area contributed by atoms with Crippen LogP contribution in [0.2, 0.25) is 15.1 Å². The van der Waals surface area contributed by atoms with Gasteiger partial charge in [-0.15, -0.1) is 0 Å². The maximum atomic E-state index is 13.6. The Labute approximate surface area is 222 Å². The lowest BCUT2D eigenvalue weighted by Gasteiger charge is -2.35. The number of ketones is 1. The molecule has 1 aliphatic rings. The molecule has 2 aromatic carbocycles. The molecule has 2 atom stereocenters. The Morgan fingerprint density at radius 2 is 1.72 bits per heavy atom. The number of aliphatic hydroxyl groups excluding tert-OH is 1. The second kappa shape index (κ2) is 10.4. The van der Waals surface area contributed by atoms with Crippen LogP contribution in [-0.4, -0.2) is 48.0 Å². The molecule has 0 saturated carbocycles. The number of aromatic nitrogens is 1. The van der Waals surface area contributed by atoms with Crippen molar-refractivity contribution in [1.29, 1.82) is 0 Å². The van der Waals surface area contributed by atoms with E-state index in [0.29, 0.717) is 5.56 Å². The molecule has 4 rings (SSSR count). The molecule has 8 nitrogen and oxygen atoms in total. The topological polar surface area (TPSA) is 125 Å². The minimum atomic E-state index is -4.25. The molecule has 0 bridgehead atoms. The van der Waals surface area contributed by atoms with Gasteiger partial charge in [0.25, 0.3) is 10.0 Å². The number of carbonyl (C=O) groups excluding carboxylic acids is 1. The first-order valence-corrected chi connectivity index (χ1v) is 13.2. The smallest absolute Gasteiger partial charge is 0.332 e. The Morgan fingerprint density at radius 1 is 1.06 bits per heavy atom. The van der Waals surface area contributed by atoms with E-state index in [1.165, 1.54) is 36.4 Å². The fraction of sp³-hybridized carbons (Fsp3) is 0.208. The van der Waals surface area contributed by atoms with Gasteiger partial charge in [-0.1, -0.05) is 53.0 Å². The van der Waals surface area contributed by atoms with Gasteiger partial charge in [-0.2, -0.15) is 0 Å². The first-order chi connectivity index (χ1) is 17.0. The lowest BCUT2D eigenvalue weighted by molar-refractivity contribution is -0.149. The molecule has 0 amide bonds. The molecule has 2 heterocycles. The number of fused-ring (bicyclic) bond motifs is 1. The van der Waals surface area contributed by atoms with Gasteiger partial charge in [0.05, 0.1) is 32.6 Å². The molecule has 36 heavy (non-hydrogen) atoms. The van der Waals surface area contributed by atoms with E-state index in [2.05, 4.69) is 4.98 Å². The van der Waals surface area contributed by atoms with Crippen LogP contribution in [0.4, 0.5) is 5.82 Å². The number of carboxylic acids is 1. The van der Waals surface area contributed by atoms with Crippen molar-refractivity contribution in [2.24, 2.45) is 5.92 Å². The molecule has 1 aliphatic heterocycles. The molecule has 0 fully saturated rings. The van der Waals surface area contributed by atoms with Gasteiger partial charge in [0.1, 0.15) is 5.82 Å². The fourth-order valence-corrected chi connectivity index (χ4v) is 6.45. The Kier molecular flexibility index (Phi) is 7.59. The van der Waals surface area contributed by atoms with Crippen LogP contribution < -0.4 is 4.31 Å². The summed E-state index contributed by atoms with van der Waals surface area (Å²) in [5, 5.41) is 20.1. The third kappa shape index (κ3) is 5.21. The minimum Gasteiger partial charge on any atom is -0.479 e. The number of carbonyl (C=O) groups is 2. The third-order valence-electron chi connectivity index (χ3n) is 5.80. The first-order valence-electron chi connectivity index (χ1n) is 10.6. The van der Waals surface area contributed by atoms with Gasteiger partial charge in [-0.25, -0.2) is 22.5 Å². The van der Waals surface area contributed by atoms with Crippen LogP contribution in [0.3, 0.4) is 0 Å². The number of aliphatic hydroxyl groups is 1. The van der Waals surface area contributed by atoms with Crippen molar-refractivity contribution in [2.45, 2.75) is 23.8 Å². The highest BCUT2D eigenvalue weighted by atomic mass is 35.5. The Balaban J connectivity index is 1.76. The average Bonchev–Trinajstić information content (AvgIpc) is 2.82. The average molecular weight is 570 g/mol. The molecule has 0 aliphatic carbocycles. The molecule has 12 heteroatoms. The van der Waals surface area contributed by atoms with E-state index in [-0.39, 0.29) is 56.4 Å². The summed E-state index contributed by atoms with van der Waals surface area (Å²) in [6, 6.07) is 13.4. The van der Waals surface area contributed by atoms with Gasteiger partial charge in [0, 0.05) is 17.5 Å². The summed E-state index contributed by atoms with van der Waals surface area (Å²) in [4.78, 5) is 28.7. The molecule has 1 aromatic heterocycles. The molecule has 3 aromatic rings. The molecular weight excluding hydrogens is 551 g/mol. The number of sulfonamides is 1. The van der Waals surface area contributed by atoms with Crippen LogP contribution in [0.1, 0.15) is 21.6 Å². The zero-order valence-corrected chi connectivity index (χ0v) is 21.5. The van der Waals surface area contributed by atoms with Crippen molar-refractivity contribution in [3.63, 3.8) is 0 Å². The van der Waals surface area contributed by atoms with Crippen LogP contribution in [0.15, 0.2) is 59.5 Å². The molecule has 0 saturated heterocycles. The second-order valence-electron chi connectivity index (χ2n) is 8.22. The van der Waals surface area contributed by atoms with Gasteiger partial charge < -0.3 is 10.2 Å². The predicted octanol–water partition coefficient (Wildman–Crippen LogP) is 4.28. The summed E-state index contributed by atoms with van der Waals surface area (Å²) in [6.45, 7) is -0.337. The van der Waals surface area contributed by atoms with E-state index >= 15 is 0 Å². The number of hydrogen-bond acceptors (Lipinski definition) is 6. The van der Waals surface area contributed by atoms with Gasteiger partial charge >= 0.3 is 5.97 Å². The lowest BCUT2D eigenvalue weighted by atomic mass is 9.91. The highest BCUT2D eigenvalue weighted by Gasteiger charge is 2.39. The number of carboxylic acid groups (broad SMARTS) is 1. The van der Waals surface area contributed by atoms with E-state index in [4.69, 9.17) is 34.8 Å². The molecule has 1 unspecified atom stereocenters. The number of Topliss-reactive ketones (excluding diaryl/α,β-unsaturated/α-hetero) is 1. The zero-order valence-electron chi connectivity index (χ0n) is 18.4. The Bertz CT molecular complexity index is 1440. The number of halogens is 3. The third-order valence-corrected chi connectivity index (χ3v) is 8.42. The van der Waals surface area contributed by atoms with Gasteiger partial charge in [-0.3, -0.25) is 4.79 Å². The van der Waals surface area contributed by atoms with Crippen molar-refractivity contribution >= 4 is 62.4 Å². The number of anilines is 1. The fourth-order valence-electron chi connectivity index (χ4n) is 4.03. The normalized spacial score (nSPS) is 16.3. The maximum Gasteiger partial charge on any atom is 0.332 e. The van der Waals surface area contributed by atoms with Crippen LogP contribution >= 0.6 is 34.8 Å². The van der Waals surface area contributed by atoms with Crippen molar-refractivity contribution in [1.82, 2.24) is 4.98 Å². The van der Waals surface area contributed by atoms with Crippen LogP contribution in [-0.2, 0) is 27.7 Å². The summed E-state index contributed by atoms with van der Waals surface area (Å²) >= 11 is 18.3. The largest absolute Gasteiger partial charge is 0.479 e. The summed E-state index contributed by atoms with van der Waals surface area (Å²) in [6.07, 6.45) is -1.93. The zero-order chi connectivity index (χ0) is 26.2. The molecule has 2 N–H and O–H groups in total. The molecular formula is C24H19Cl3N2O6S. The maximum absolute atomic E-state index is 13.6. The number of aliphatic carboxylic acids is 1. The van der Waals surface area contributed by atoms with Crippen molar-refractivity contribution < 1.29 is 28.2 Å². The quantitative estimate of drug-likeness (QED) is 0.407. The number of rotatable bonds is 7. The highest BCUT2D eigenvalue weighted by Crippen LogP contribution is 2.35. The molecule has 188 valence electrons. The predicted molar refractivity (Wildman–Crippen MR) is 136 cm³/mol. The Morgan fingerprint density at radius 3 is 2.36 bits per heavy atom. The summed E-state index contributed by atoms with van der Waals surface area (Å²) < 4.78 is 28.1. The highest BCUT2D eigenvalue weighted by molar-refractivity contribution is 7.92. The second-order valence-corrected chi connectivity index (χ2v) is 11.3. The van der Waals surface area contributed by atoms with E-state index < -0.39 is 33.8 Å². The van der Waals surface area contributed by atoms with Gasteiger partial charge in [0.2, 0.25) is 0 Å². The summed E-state index contributed by atoms with van der Waals surface area (Å²) in [5.74, 6) is -2.76. The minimum absolute atomic E-state index is 0.0411. The Hall–Kier alpha value is -2.69.